The molecule has 1 fully saturated rings. The summed E-state index contributed by atoms with van der Waals surface area (Å²) in [5.41, 5.74) is 0.894. The number of halogens is 1. The van der Waals surface area contributed by atoms with Crippen LogP contribution < -0.4 is 10.2 Å². The predicted octanol–water partition coefficient (Wildman–Crippen LogP) is 4.12. The van der Waals surface area contributed by atoms with E-state index in [2.05, 4.69) is 16.4 Å². The van der Waals surface area contributed by atoms with E-state index in [0.717, 1.165) is 0 Å². The van der Waals surface area contributed by atoms with Gasteiger partial charge in [0.1, 0.15) is 29.4 Å². The number of alkyl carbamates (subject to hydrolysis) is 1. The van der Waals surface area contributed by atoms with Gasteiger partial charge in [0.2, 0.25) is 0 Å². The van der Waals surface area contributed by atoms with Crippen LogP contribution in [0.3, 0.4) is 0 Å². The summed E-state index contributed by atoms with van der Waals surface area (Å²) < 4.78 is 19.3. The van der Waals surface area contributed by atoms with Crippen molar-refractivity contribution in [1.82, 2.24) is 10.3 Å². The molecule has 1 amide bonds. The van der Waals surface area contributed by atoms with Crippen LogP contribution in [0.5, 0.6) is 0 Å². The summed E-state index contributed by atoms with van der Waals surface area (Å²) in [6, 6.07) is 11.6. The van der Waals surface area contributed by atoms with Crippen LogP contribution in [0.15, 0.2) is 30.3 Å². The van der Waals surface area contributed by atoms with Gasteiger partial charge in [0.25, 0.3) is 0 Å². The van der Waals surface area contributed by atoms with Gasteiger partial charge in [0.05, 0.1) is 16.8 Å². The molecule has 0 unspecified atom stereocenters. The monoisotopic (exact) mass is 421 g/mol. The predicted molar refractivity (Wildman–Crippen MR) is 114 cm³/mol. The van der Waals surface area contributed by atoms with Crippen molar-refractivity contribution >= 4 is 11.9 Å². The van der Waals surface area contributed by atoms with E-state index in [9.17, 15) is 14.4 Å². The number of hydrogen-bond acceptors (Lipinski definition) is 6. The van der Waals surface area contributed by atoms with Crippen molar-refractivity contribution < 1.29 is 13.9 Å². The van der Waals surface area contributed by atoms with Crippen molar-refractivity contribution in [2.24, 2.45) is 0 Å². The lowest BCUT2D eigenvalue weighted by atomic mass is 10.0. The summed E-state index contributed by atoms with van der Waals surface area (Å²) >= 11 is 0. The van der Waals surface area contributed by atoms with Gasteiger partial charge in [-0.2, -0.15) is 10.5 Å². The highest BCUT2D eigenvalue weighted by Gasteiger charge is 2.25. The fourth-order valence-corrected chi connectivity index (χ4v) is 3.41. The van der Waals surface area contributed by atoms with Gasteiger partial charge in [0, 0.05) is 24.7 Å². The zero-order valence-electron chi connectivity index (χ0n) is 17.8. The molecule has 0 radical (unpaired) electrons. The molecule has 0 bridgehead atoms. The normalized spacial score (nSPS) is 14.5. The standard InChI is InChI=1S/C23H24FN5O2/c1-23(2,3)31-22(30)27-18-8-10-29(11-9-18)21-17(14-26)6-7-20(28-21)15-4-5-16(13-25)19(24)12-15/h4-7,12,18H,8-11H2,1-3H3,(H,27,30). The van der Waals surface area contributed by atoms with Crippen LogP contribution in [-0.2, 0) is 4.74 Å². The molecule has 1 aromatic carbocycles. The molecule has 2 heterocycles. The maximum absolute atomic E-state index is 14.0. The van der Waals surface area contributed by atoms with Gasteiger partial charge in [0.15, 0.2) is 0 Å². The number of hydrogen-bond donors (Lipinski definition) is 1. The van der Waals surface area contributed by atoms with Crippen LogP contribution in [0, 0.1) is 28.5 Å². The first-order valence-corrected chi connectivity index (χ1v) is 10.1. The van der Waals surface area contributed by atoms with E-state index in [1.807, 2.05) is 25.7 Å². The molecule has 0 atom stereocenters. The molecule has 8 heteroatoms. The average Bonchev–Trinajstić information content (AvgIpc) is 2.72. The smallest absolute Gasteiger partial charge is 0.407 e. The quantitative estimate of drug-likeness (QED) is 0.800. The number of piperidine rings is 1. The molecule has 160 valence electrons. The van der Waals surface area contributed by atoms with E-state index in [0.29, 0.717) is 48.6 Å². The topological polar surface area (TPSA) is 102 Å². The van der Waals surface area contributed by atoms with Crippen molar-refractivity contribution in [3.63, 3.8) is 0 Å². The first-order chi connectivity index (χ1) is 14.7. The molecule has 0 spiro atoms. The average molecular weight is 421 g/mol. The number of nitriles is 2. The molecule has 7 nitrogen and oxygen atoms in total. The number of ether oxygens (including phenoxy) is 1. The van der Waals surface area contributed by atoms with Gasteiger partial charge in [-0.15, -0.1) is 0 Å². The molecule has 1 aliphatic rings. The zero-order valence-corrected chi connectivity index (χ0v) is 17.8. The van der Waals surface area contributed by atoms with Gasteiger partial charge in [-0.25, -0.2) is 14.2 Å². The number of anilines is 1. The van der Waals surface area contributed by atoms with E-state index in [1.54, 1.807) is 24.3 Å². The summed E-state index contributed by atoms with van der Waals surface area (Å²) in [7, 11) is 0. The zero-order chi connectivity index (χ0) is 22.6. The second-order valence-corrected chi connectivity index (χ2v) is 8.39. The van der Waals surface area contributed by atoms with Gasteiger partial charge in [-0.3, -0.25) is 0 Å². The molecular weight excluding hydrogens is 397 g/mol. The van der Waals surface area contributed by atoms with Crippen molar-refractivity contribution in [2.45, 2.75) is 45.3 Å². The highest BCUT2D eigenvalue weighted by Crippen LogP contribution is 2.27. The molecular formula is C23H24FN5O2. The van der Waals surface area contributed by atoms with Crippen LogP contribution in [-0.4, -0.2) is 35.8 Å². The number of rotatable bonds is 3. The maximum Gasteiger partial charge on any atom is 0.407 e. The highest BCUT2D eigenvalue weighted by atomic mass is 19.1. The lowest BCUT2D eigenvalue weighted by molar-refractivity contribution is 0.0497. The first kappa shape index (κ1) is 22.0. The van der Waals surface area contributed by atoms with Crippen LogP contribution in [0.4, 0.5) is 15.0 Å². The number of nitrogens with one attached hydrogen (secondary N) is 1. The van der Waals surface area contributed by atoms with Crippen LogP contribution in [0.1, 0.15) is 44.7 Å². The number of carbonyl (C=O) groups is 1. The van der Waals surface area contributed by atoms with E-state index >= 15 is 0 Å². The molecule has 31 heavy (non-hydrogen) atoms. The minimum atomic E-state index is -0.609. The molecule has 1 saturated heterocycles. The van der Waals surface area contributed by atoms with Crippen molar-refractivity contribution in [2.75, 3.05) is 18.0 Å². The largest absolute Gasteiger partial charge is 0.444 e. The summed E-state index contributed by atoms with van der Waals surface area (Å²) in [6.45, 7) is 6.66. The van der Waals surface area contributed by atoms with Gasteiger partial charge in [-0.1, -0.05) is 6.07 Å². The number of pyridine rings is 1. The van der Waals surface area contributed by atoms with Crippen molar-refractivity contribution in [3.8, 4) is 23.4 Å². The minimum Gasteiger partial charge on any atom is -0.444 e. The van der Waals surface area contributed by atoms with Gasteiger partial charge < -0.3 is 15.0 Å². The summed E-state index contributed by atoms with van der Waals surface area (Å²) in [6.07, 6.45) is 0.926. The lowest BCUT2D eigenvalue weighted by Crippen LogP contribution is -2.46. The van der Waals surface area contributed by atoms with Crippen molar-refractivity contribution in [3.05, 3.63) is 47.3 Å². The molecule has 0 aliphatic carbocycles. The Balaban J connectivity index is 1.74. The van der Waals surface area contributed by atoms with Crippen LogP contribution in [0.25, 0.3) is 11.3 Å². The number of nitrogens with zero attached hydrogens (tertiary/aromatic N) is 4. The molecule has 0 saturated carbocycles. The third-order valence-electron chi connectivity index (χ3n) is 4.90. The Morgan fingerprint density at radius 3 is 2.39 bits per heavy atom. The molecule has 2 aromatic rings. The first-order valence-electron chi connectivity index (χ1n) is 10.1. The summed E-state index contributed by atoms with van der Waals surface area (Å²) in [4.78, 5) is 18.6. The Labute approximate surface area is 181 Å². The van der Waals surface area contributed by atoms with Crippen molar-refractivity contribution in [1.29, 1.82) is 10.5 Å². The van der Waals surface area contributed by atoms with Gasteiger partial charge in [-0.05, 0) is 57.9 Å². The van der Waals surface area contributed by atoms with E-state index < -0.39 is 17.5 Å². The minimum absolute atomic E-state index is 0.0209. The fourth-order valence-electron chi connectivity index (χ4n) is 3.41. The van der Waals surface area contributed by atoms with E-state index in [1.165, 1.54) is 12.1 Å². The summed E-state index contributed by atoms with van der Waals surface area (Å²) in [5.74, 6) is -0.0813. The Morgan fingerprint density at radius 1 is 1.16 bits per heavy atom. The fraction of sp³-hybridized carbons (Fsp3) is 0.391. The third kappa shape index (κ3) is 5.49. The number of aromatic nitrogens is 1. The molecule has 1 aromatic heterocycles. The molecule has 1 aliphatic heterocycles. The lowest BCUT2D eigenvalue weighted by Gasteiger charge is -2.34. The third-order valence-corrected chi connectivity index (χ3v) is 4.90. The Morgan fingerprint density at radius 2 is 1.81 bits per heavy atom. The van der Waals surface area contributed by atoms with E-state index in [4.69, 9.17) is 10.00 Å². The highest BCUT2D eigenvalue weighted by molar-refractivity contribution is 5.68. The number of carbonyl (C=O) groups excluding carboxylic acids is 1. The number of amides is 1. The van der Waals surface area contributed by atoms with Gasteiger partial charge >= 0.3 is 6.09 Å². The molecule has 1 N–H and O–H groups in total. The van der Waals surface area contributed by atoms with E-state index in [-0.39, 0.29) is 11.6 Å². The van der Waals surface area contributed by atoms with Crippen LogP contribution in [0.2, 0.25) is 0 Å². The molecule has 3 rings (SSSR count). The second-order valence-electron chi connectivity index (χ2n) is 8.39. The van der Waals surface area contributed by atoms with Crippen LogP contribution >= 0.6 is 0 Å². The Kier molecular flexibility index (Phi) is 6.41. The Hall–Kier alpha value is -3.65. The Bertz CT molecular complexity index is 1060. The second kappa shape index (κ2) is 9.01. The summed E-state index contributed by atoms with van der Waals surface area (Å²) in [5, 5.41) is 21.3. The number of benzene rings is 1. The SMILES string of the molecule is CC(C)(C)OC(=O)NC1CCN(c2nc(-c3ccc(C#N)c(F)c3)ccc2C#N)CC1. The maximum atomic E-state index is 14.0.